The second kappa shape index (κ2) is 13.5. The lowest BCUT2D eigenvalue weighted by Crippen LogP contribution is -2.54. The lowest BCUT2D eigenvalue weighted by atomic mass is 10.0. The van der Waals surface area contributed by atoms with E-state index in [0.717, 1.165) is 16.1 Å². The van der Waals surface area contributed by atoms with Gasteiger partial charge < -0.3 is 10.2 Å². The zero-order valence-electron chi connectivity index (χ0n) is 21.8. The molecule has 1 N–H and O–H groups in total. The highest BCUT2D eigenvalue weighted by molar-refractivity contribution is 7.92. The van der Waals surface area contributed by atoms with Crippen molar-refractivity contribution < 1.29 is 18.0 Å². The van der Waals surface area contributed by atoms with E-state index in [-0.39, 0.29) is 30.6 Å². The maximum atomic E-state index is 14.0. The third kappa shape index (κ3) is 8.86. The third-order valence-corrected chi connectivity index (χ3v) is 7.83. The first-order chi connectivity index (χ1) is 18.3. The molecule has 0 fully saturated rings. The van der Waals surface area contributed by atoms with Gasteiger partial charge in [0.05, 0.1) is 11.9 Å². The normalized spacial score (nSPS) is 12.2. The first-order valence-corrected chi connectivity index (χ1v) is 15.1. The number of rotatable bonds is 11. The van der Waals surface area contributed by atoms with Gasteiger partial charge in [-0.05, 0) is 61.4 Å². The van der Waals surface area contributed by atoms with Crippen LogP contribution < -0.4 is 9.62 Å². The van der Waals surface area contributed by atoms with Gasteiger partial charge in [0.1, 0.15) is 12.6 Å². The van der Waals surface area contributed by atoms with Crippen LogP contribution in [-0.2, 0) is 32.6 Å². The van der Waals surface area contributed by atoms with Crippen molar-refractivity contribution in [3.05, 3.63) is 99.0 Å². The third-order valence-electron chi connectivity index (χ3n) is 5.85. The number of sulfonamides is 1. The van der Waals surface area contributed by atoms with Crippen molar-refractivity contribution in [2.75, 3.05) is 17.1 Å². The highest BCUT2D eigenvalue weighted by Crippen LogP contribution is 2.26. The molecule has 208 valence electrons. The number of nitrogens with zero attached hydrogens (tertiary/aromatic N) is 2. The molecule has 3 rings (SSSR count). The average Bonchev–Trinajstić information content (AvgIpc) is 2.86. The topological polar surface area (TPSA) is 86.8 Å². The lowest BCUT2D eigenvalue weighted by Gasteiger charge is -2.34. The minimum atomic E-state index is -3.87. The Morgan fingerprint density at radius 3 is 2.08 bits per heavy atom. The molecule has 0 spiro atoms. The van der Waals surface area contributed by atoms with Crippen molar-refractivity contribution in [2.24, 2.45) is 0 Å². The van der Waals surface area contributed by atoms with Crippen LogP contribution in [0.25, 0.3) is 0 Å². The number of hydrogen-bond acceptors (Lipinski definition) is 4. The summed E-state index contributed by atoms with van der Waals surface area (Å²) in [5, 5.41) is 4.06. The quantitative estimate of drug-likeness (QED) is 0.307. The Labute approximate surface area is 244 Å². The van der Waals surface area contributed by atoms with Gasteiger partial charge >= 0.3 is 0 Å². The molecule has 0 aromatic heterocycles. The van der Waals surface area contributed by atoms with Crippen molar-refractivity contribution in [1.29, 1.82) is 0 Å². The molecule has 0 radical (unpaired) electrons. The molecule has 0 saturated heterocycles. The van der Waals surface area contributed by atoms with Crippen molar-refractivity contribution in [3.8, 4) is 0 Å². The van der Waals surface area contributed by atoms with Gasteiger partial charge in [0.25, 0.3) is 0 Å². The maximum Gasteiger partial charge on any atom is 0.244 e. The molecule has 39 heavy (non-hydrogen) atoms. The SMILES string of the molecule is CC(C)NC(=O)C(Cc1ccccc1)N(Cc1ccc(Cl)cc1Cl)C(=O)CN(c1ccc(Cl)cc1)S(C)(=O)=O. The highest BCUT2D eigenvalue weighted by Gasteiger charge is 2.33. The Bertz CT molecular complexity index is 1400. The molecule has 0 aliphatic heterocycles. The Hall–Kier alpha value is -2.78. The molecule has 3 aromatic rings. The zero-order valence-corrected chi connectivity index (χ0v) is 24.9. The Kier molecular flexibility index (Phi) is 10.7. The van der Waals surface area contributed by atoms with E-state index in [1.165, 1.54) is 17.0 Å². The molecule has 0 aliphatic carbocycles. The predicted molar refractivity (Wildman–Crippen MR) is 158 cm³/mol. The maximum absolute atomic E-state index is 14.0. The van der Waals surface area contributed by atoms with Gasteiger partial charge in [-0.2, -0.15) is 0 Å². The van der Waals surface area contributed by atoms with Gasteiger partial charge in [0.2, 0.25) is 21.8 Å². The van der Waals surface area contributed by atoms with Crippen molar-refractivity contribution in [2.45, 2.75) is 38.9 Å². The zero-order chi connectivity index (χ0) is 28.7. The van der Waals surface area contributed by atoms with Gasteiger partial charge in [0.15, 0.2) is 0 Å². The summed E-state index contributed by atoms with van der Waals surface area (Å²) in [5.74, 6) is -0.953. The Balaban J connectivity index is 2.07. The Morgan fingerprint density at radius 2 is 1.51 bits per heavy atom. The van der Waals surface area contributed by atoms with Crippen LogP contribution in [0.2, 0.25) is 15.1 Å². The molecule has 1 atom stereocenters. The molecule has 2 amide bonds. The number of benzene rings is 3. The number of carbonyl (C=O) groups is 2. The number of halogens is 3. The summed E-state index contributed by atoms with van der Waals surface area (Å²) in [7, 11) is -3.87. The van der Waals surface area contributed by atoms with Crippen LogP contribution >= 0.6 is 34.8 Å². The fraction of sp³-hybridized carbons (Fsp3) is 0.286. The number of nitrogens with one attached hydrogen (secondary N) is 1. The van der Waals surface area contributed by atoms with E-state index in [2.05, 4.69) is 5.32 Å². The number of carbonyl (C=O) groups excluding carboxylic acids is 2. The molecule has 3 aromatic carbocycles. The van der Waals surface area contributed by atoms with Gasteiger partial charge in [-0.3, -0.25) is 13.9 Å². The van der Waals surface area contributed by atoms with Crippen molar-refractivity contribution >= 4 is 62.3 Å². The fourth-order valence-corrected chi connectivity index (χ4v) is 5.43. The first kappa shape index (κ1) is 30.8. The molecule has 1 unspecified atom stereocenters. The summed E-state index contributed by atoms with van der Waals surface area (Å²) < 4.78 is 26.5. The van der Waals surface area contributed by atoms with Gasteiger partial charge in [0, 0.05) is 34.1 Å². The van der Waals surface area contributed by atoms with E-state index in [0.29, 0.717) is 20.6 Å². The van der Waals surface area contributed by atoms with Crippen LogP contribution in [0, 0.1) is 0 Å². The summed E-state index contributed by atoms with van der Waals surface area (Å²) in [4.78, 5) is 28.9. The van der Waals surface area contributed by atoms with E-state index in [1.807, 2.05) is 44.2 Å². The fourth-order valence-electron chi connectivity index (χ4n) is 3.99. The molecule has 0 heterocycles. The van der Waals surface area contributed by atoms with Crippen molar-refractivity contribution in [1.82, 2.24) is 10.2 Å². The van der Waals surface area contributed by atoms with Gasteiger partial charge in [-0.25, -0.2) is 8.42 Å². The summed E-state index contributed by atoms with van der Waals surface area (Å²) in [6.45, 7) is 3.07. The molecule has 11 heteroatoms. The number of anilines is 1. The Morgan fingerprint density at radius 1 is 0.897 bits per heavy atom. The van der Waals surface area contributed by atoms with Crippen molar-refractivity contribution in [3.63, 3.8) is 0 Å². The molecule has 0 bridgehead atoms. The average molecular weight is 611 g/mol. The van der Waals surface area contributed by atoms with E-state index < -0.39 is 28.5 Å². The molecule has 0 saturated carbocycles. The van der Waals surface area contributed by atoms with Gasteiger partial charge in [-0.1, -0.05) is 71.2 Å². The second-order valence-electron chi connectivity index (χ2n) is 9.37. The van der Waals surface area contributed by atoms with E-state index in [1.54, 1.807) is 30.3 Å². The van der Waals surface area contributed by atoms with Crippen LogP contribution in [0.5, 0.6) is 0 Å². The van der Waals surface area contributed by atoms with Crippen LogP contribution in [0.3, 0.4) is 0 Å². The minimum Gasteiger partial charge on any atom is -0.352 e. The molecular formula is C28H30Cl3N3O4S. The molecular weight excluding hydrogens is 581 g/mol. The summed E-state index contributed by atoms with van der Waals surface area (Å²) >= 11 is 18.5. The lowest BCUT2D eigenvalue weighted by molar-refractivity contribution is -0.140. The van der Waals surface area contributed by atoms with E-state index >= 15 is 0 Å². The summed E-state index contributed by atoms with van der Waals surface area (Å²) in [5.41, 5.74) is 1.66. The number of amides is 2. The summed E-state index contributed by atoms with van der Waals surface area (Å²) in [6.07, 6.45) is 1.22. The van der Waals surface area contributed by atoms with E-state index in [4.69, 9.17) is 34.8 Å². The largest absolute Gasteiger partial charge is 0.352 e. The van der Waals surface area contributed by atoms with Crippen LogP contribution in [0.15, 0.2) is 72.8 Å². The number of hydrogen-bond donors (Lipinski definition) is 1. The monoisotopic (exact) mass is 609 g/mol. The van der Waals surface area contributed by atoms with E-state index in [9.17, 15) is 18.0 Å². The second-order valence-corrected chi connectivity index (χ2v) is 12.6. The molecule has 0 aliphatic rings. The van der Waals surface area contributed by atoms with Crippen LogP contribution in [0.4, 0.5) is 5.69 Å². The van der Waals surface area contributed by atoms with Gasteiger partial charge in [-0.15, -0.1) is 0 Å². The molecule has 7 nitrogen and oxygen atoms in total. The minimum absolute atomic E-state index is 0.0456. The summed E-state index contributed by atoms with van der Waals surface area (Å²) in [6, 6.07) is 19.1. The smallest absolute Gasteiger partial charge is 0.244 e. The highest BCUT2D eigenvalue weighted by atomic mass is 35.5. The standard InChI is InChI=1S/C28H30Cl3N3O4S/c1-19(2)32-28(36)26(15-20-7-5-4-6-8-20)33(17-21-9-10-23(30)16-25(21)31)27(35)18-34(39(3,37)38)24-13-11-22(29)12-14-24/h4-14,16,19,26H,15,17-18H2,1-3H3,(H,32,36). The van der Waals surface area contributed by atoms with Crippen LogP contribution in [0.1, 0.15) is 25.0 Å². The predicted octanol–water partition coefficient (Wildman–Crippen LogP) is 5.58. The first-order valence-electron chi connectivity index (χ1n) is 12.2. The van der Waals surface area contributed by atoms with Crippen LogP contribution in [-0.4, -0.2) is 50.0 Å².